The number of aromatic nitrogens is 4. The molecule has 142 valence electrons. The fraction of sp³-hybridized carbons (Fsp3) is 0.250. The molecule has 0 spiro atoms. The van der Waals surface area contributed by atoms with Gasteiger partial charge in [0.1, 0.15) is 24.3 Å². The average Bonchev–Trinajstić information content (AvgIpc) is 3.34. The van der Waals surface area contributed by atoms with Crippen molar-refractivity contribution in [2.75, 3.05) is 16.8 Å². The maximum absolute atomic E-state index is 12.7. The molecule has 1 aliphatic rings. The van der Waals surface area contributed by atoms with Crippen LogP contribution in [0.3, 0.4) is 0 Å². The van der Waals surface area contributed by atoms with E-state index >= 15 is 0 Å². The molecule has 1 unspecified atom stereocenters. The topological polar surface area (TPSA) is 93.0 Å². The first-order valence-corrected chi connectivity index (χ1v) is 9.00. The first-order chi connectivity index (χ1) is 13.5. The van der Waals surface area contributed by atoms with Gasteiger partial charge in [-0.15, -0.1) is 0 Å². The number of benzene rings is 1. The fourth-order valence-corrected chi connectivity index (χ4v) is 3.21. The van der Waals surface area contributed by atoms with Crippen molar-refractivity contribution in [3.05, 3.63) is 60.4 Å². The van der Waals surface area contributed by atoms with E-state index < -0.39 is 5.92 Å². The number of hydrogen-bond acceptors (Lipinski definition) is 5. The number of rotatable bonds is 4. The lowest BCUT2D eigenvalue weighted by atomic mass is 10.1. The molecule has 4 rings (SSSR count). The maximum Gasteiger partial charge on any atom is 0.230 e. The Hall–Kier alpha value is -3.55. The van der Waals surface area contributed by atoms with E-state index in [1.807, 2.05) is 32.0 Å². The molecule has 0 saturated carbocycles. The molecule has 1 aromatic carbocycles. The molecule has 1 aliphatic heterocycles. The predicted octanol–water partition coefficient (Wildman–Crippen LogP) is 2.27. The number of amides is 2. The van der Waals surface area contributed by atoms with Gasteiger partial charge in [-0.05, 0) is 37.1 Å². The fourth-order valence-electron chi connectivity index (χ4n) is 3.21. The largest absolute Gasteiger partial charge is 0.312 e. The summed E-state index contributed by atoms with van der Waals surface area (Å²) in [6, 6.07) is 7.55. The van der Waals surface area contributed by atoms with Gasteiger partial charge in [0, 0.05) is 37.1 Å². The van der Waals surface area contributed by atoms with Crippen molar-refractivity contribution in [3.63, 3.8) is 0 Å². The summed E-state index contributed by atoms with van der Waals surface area (Å²) in [6.07, 6.45) is 6.58. The number of aryl methyl sites for hydroxylation is 2. The van der Waals surface area contributed by atoms with Crippen molar-refractivity contribution in [1.29, 1.82) is 0 Å². The van der Waals surface area contributed by atoms with Crippen molar-refractivity contribution in [3.8, 4) is 5.82 Å². The lowest BCUT2D eigenvalue weighted by Crippen LogP contribution is -2.28. The van der Waals surface area contributed by atoms with Crippen molar-refractivity contribution in [2.45, 2.75) is 20.3 Å². The van der Waals surface area contributed by atoms with Crippen LogP contribution in [-0.2, 0) is 9.59 Å². The van der Waals surface area contributed by atoms with E-state index in [4.69, 9.17) is 0 Å². The van der Waals surface area contributed by atoms with Gasteiger partial charge in [0.15, 0.2) is 0 Å². The number of carbonyl (C=O) groups is 2. The average molecular weight is 376 g/mol. The van der Waals surface area contributed by atoms with E-state index in [-0.39, 0.29) is 18.2 Å². The first kappa shape index (κ1) is 17.8. The summed E-state index contributed by atoms with van der Waals surface area (Å²) in [5, 5.41) is 2.80. The van der Waals surface area contributed by atoms with Gasteiger partial charge in [-0.2, -0.15) is 0 Å². The molecule has 28 heavy (non-hydrogen) atoms. The molecule has 0 aliphatic carbocycles. The molecule has 1 saturated heterocycles. The van der Waals surface area contributed by atoms with Crippen LogP contribution in [0.1, 0.15) is 17.5 Å². The monoisotopic (exact) mass is 376 g/mol. The normalized spacial score (nSPS) is 16.4. The summed E-state index contributed by atoms with van der Waals surface area (Å²) in [5.74, 6) is 0.281. The molecule has 1 fully saturated rings. The van der Waals surface area contributed by atoms with Gasteiger partial charge in [0.2, 0.25) is 11.8 Å². The first-order valence-electron chi connectivity index (χ1n) is 9.00. The summed E-state index contributed by atoms with van der Waals surface area (Å²) in [4.78, 5) is 39.1. The smallest absolute Gasteiger partial charge is 0.230 e. The minimum atomic E-state index is -0.430. The second kappa shape index (κ2) is 7.22. The zero-order valence-electron chi connectivity index (χ0n) is 15.7. The highest BCUT2D eigenvalue weighted by molar-refractivity contribution is 6.03. The lowest BCUT2D eigenvalue weighted by molar-refractivity contribution is -0.122. The molecular weight excluding hydrogens is 356 g/mol. The minimum absolute atomic E-state index is 0.0507. The minimum Gasteiger partial charge on any atom is -0.312 e. The summed E-state index contributed by atoms with van der Waals surface area (Å²) in [7, 11) is 0. The molecule has 3 heterocycles. The second-order valence-electron chi connectivity index (χ2n) is 6.89. The van der Waals surface area contributed by atoms with Crippen LogP contribution in [0.5, 0.6) is 0 Å². The van der Waals surface area contributed by atoms with Gasteiger partial charge in [-0.3, -0.25) is 14.2 Å². The highest BCUT2D eigenvalue weighted by Gasteiger charge is 2.35. The molecule has 1 atom stereocenters. The Labute approximate surface area is 162 Å². The summed E-state index contributed by atoms with van der Waals surface area (Å²) in [6.45, 7) is 4.39. The number of carbonyl (C=O) groups excluding carboxylic acids is 2. The molecule has 2 aromatic heterocycles. The standard InChI is InChI=1S/C20H20N6O2/c1-13-3-4-16(7-14(13)2)26-10-15(8-19(26)27)20(28)24-17-9-18(23-11-22-17)25-6-5-21-12-25/h3-7,9,11-12,15H,8,10H2,1-2H3,(H,22,23,24,28). The van der Waals surface area contributed by atoms with Crippen LogP contribution >= 0.6 is 0 Å². The molecule has 0 radical (unpaired) electrons. The zero-order valence-corrected chi connectivity index (χ0v) is 15.7. The van der Waals surface area contributed by atoms with Crippen LogP contribution in [0, 0.1) is 19.8 Å². The summed E-state index contributed by atoms with van der Waals surface area (Å²) < 4.78 is 1.72. The van der Waals surface area contributed by atoms with E-state index in [9.17, 15) is 9.59 Å². The van der Waals surface area contributed by atoms with Crippen LogP contribution in [0.15, 0.2) is 49.3 Å². The van der Waals surface area contributed by atoms with Gasteiger partial charge < -0.3 is 10.2 Å². The van der Waals surface area contributed by atoms with Gasteiger partial charge in [-0.1, -0.05) is 6.07 Å². The van der Waals surface area contributed by atoms with Crippen LogP contribution in [-0.4, -0.2) is 37.9 Å². The van der Waals surface area contributed by atoms with Gasteiger partial charge in [0.25, 0.3) is 0 Å². The Kier molecular flexibility index (Phi) is 4.60. The van der Waals surface area contributed by atoms with Crippen molar-refractivity contribution >= 4 is 23.3 Å². The van der Waals surface area contributed by atoms with Gasteiger partial charge in [-0.25, -0.2) is 15.0 Å². The number of nitrogens with zero attached hydrogens (tertiary/aromatic N) is 5. The van der Waals surface area contributed by atoms with Crippen LogP contribution in [0.25, 0.3) is 5.82 Å². The quantitative estimate of drug-likeness (QED) is 0.754. The third-order valence-corrected chi connectivity index (χ3v) is 4.97. The maximum atomic E-state index is 12.7. The second-order valence-corrected chi connectivity index (χ2v) is 6.89. The number of nitrogens with one attached hydrogen (secondary N) is 1. The number of imidazole rings is 1. The Morgan fingerprint density at radius 3 is 2.79 bits per heavy atom. The summed E-state index contributed by atoms with van der Waals surface area (Å²) in [5.41, 5.74) is 3.11. The van der Waals surface area contributed by atoms with Crippen LogP contribution < -0.4 is 10.2 Å². The highest BCUT2D eigenvalue weighted by Crippen LogP contribution is 2.27. The van der Waals surface area contributed by atoms with Gasteiger partial charge in [0.05, 0.1) is 5.92 Å². The zero-order chi connectivity index (χ0) is 19.7. The third-order valence-electron chi connectivity index (χ3n) is 4.97. The third kappa shape index (κ3) is 3.48. The van der Waals surface area contributed by atoms with Crippen molar-refractivity contribution in [2.24, 2.45) is 5.92 Å². The predicted molar refractivity (Wildman–Crippen MR) is 104 cm³/mol. The van der Waals surface area contributed by atoms with Crippen LogP contribution in [0.2, 0.25) is 0 Å². The Balaban J connectivity index is 1.47. The number of hydrogen-bond donors (Lipinski definition) is 1. The Bertz CT molecular complexity index is 1030. The Morgan fingerprint density at radius 2 is 2.04 bits per heavy atom. The highest BCUT2D eigenvalue weighted by atomic mass is 16.2. The van der Waals surface area contributed by atoms with E-state index in [0.717, 1.165) is 11.3 Å². The van der Waals surface area contributed by atoms with Gasteiger partial charge >= 0.3 is 0 Å². The number of anilines is 2. The lowest BCUT2D eigenvalue weighted by Gasteiger charge is -2.18. The molecule has 0 bridgehead atoms. The SMILES string of the molecule is Cc1ccc(N2CC(C(=O)Nc3cc(-n4ccnc4)ncn3)CC2=O)cc1C. The van der Waals surface area contributed by atoms with E-state index in [1.54, 1.807) is 34.3 Å². The van der Waals surface area contributed by atoms with Crippen LogP contribution in [0.4, 0.5) is 11.5 Å². The van der Waals surface area contributed by atoms with E-state index in [2.05, 4.69) is 20.3 Å². The van der Waals surface area contributed by atoms with E-state index in [1.165, 1.54) is 11.9 Å². The molecule has 2 amide bonds. The van der Waals surface area contributed by atoms with Crippen molar-refractivity contribution < 1.29 is 9.59 Å². The molecule has 3 aromatic rings. The van der Waals surface area contributed by atoms with E-state index in [0.29, 0.717) is 18.2 Å². The molecule has 8 heteroatoms. The molecular formula is C20H20N6O2. The Morgan fingerprint density at radius 1 is 1.18 bits per heavy atom. The van der Waals surface area contributed by atoms with Crippen molar-refractivity contribution in [1.82, 2.24) is 19.5 Å². The summed E-state index contributed by atoms with van der Waals surface area (Å²) >= 11 is 0. The molecule has 8 nitrogen and oxygen atoms in total. The molecule has 1 N–H and O–H groups in total.